The topological polar surface area (TPSA) is 83.9 Å². The lowest BCUT2D eigenvalue weighted by molar-refractivity contribution is -0.136. The maximum Gasteiger partial charge on any atom is 0.410 e. The largest absolute Gasteiger partial charge is 0.481 e. The van der Waals surface area contributed by atoms with Crippen LogP contribution in [0.25, 0.3) is 0 Å². The van der Waals surface area contributed by atoms with Crippen LogP contribution in [0.1, 0.15) is 24.8 Å². The molecule has 0 radical (unpaired) electrons. The summed E-state index contributed by atoms with van der Waals surface area (Å²) in [7, 11) is 0. The molecule has 1 amide bonds. The molecule has 0 aromatic heterocycles. The molecule has 124 valence electrons. The van der Waals surface area contributed by atoms with E-state index in [0.29, 0.717) is 13.0 Å². The molecule has 0 bridgehead atoms. The van der Waals surface area contributed by atoms with E-state index in [1.54, 1.807) is 0 Å². The van der Waals surface area contributed by atoms with Crippen molar-refractivity contribution in [2.75, 3.05) is 12.3 Å². The zero-order valence-electron chi connectivity index (χ0n) is 12.6. The highest BCUT2D eigenvalue weighted by molar-refractivity contribution is 8.13. The number of hydrogen-bond donors (Lipinski definition) is 1. The molecule has 1 aliphatic heterocycles. The number of benzene rings is 1. The lowest BCUT2D eigenvalue weighted by Crippen LogP contribution is -2.39. The van der Waals surface area contributed by atoms with Gasteiger partial charge in [0.2, 0.25) is 5.12 Å². The number of likely N-dealkylation sites (tertiary alicyclic amines) is 1. The fourth-order valence-corrected chi connectivity index (χ4v) is 3.28. The van der Waals surface area contributed by atoms with Crippen LogP contribution in [0.3, 0.4) is 0 Å². The highest BCUT2D eigenvalue weighted by Crippen LogP contribution is 2.24. The molecule has 1 saturated heterocycles. The third-order valence-electron chi connectivity index (χ3n) is 3.52. The maximum absolute atomic E-state index is 12.2. The summed E-state index contributed by atoms with van der Waals surface area (Å²) >= 11 is 0.968. The fraction of sp³-hybridized carbons (Fsp3) is 0.438. The lowest BCUT2D eigenvalue weighted by Gasteiger charge is -2.22. The monoisotopic (exact) mass is 337 g/mol. The van der Waals surface area contributed by atoms with E-state index in [1.807, 2.05) is 30.3 Å². The number of rotatable bonds is 6. The summed E-state index contributed by atoms with van der Waals surface area (Å²) < 4.78 is 5.27. The van der Waals surface area contributed by atoms with Crippen molar-refractivity contribution in [3.05, 3.63) is 35.9 Å². The van der Waals surface area contributed by atoms with Gasteiger partial charge in [-0.3, -0.25) is 14.5 Å². The molecule has 0 saturated carbocycles. The van der Waals surface area contributed by atoms with Gasteiger partial charge in [-0.15, -0.1) is 0 Å². The number of carbonyl (C=O) groups excluding carboxylic acids is 2. The Morgan fingerprint density at radius 3 is 2.70 bits per heavy atom. The van der Waals surface area contributed by atoms with Gasteiger partial charge in [0.25, 0.3) is 0 Å². The highest BCUT2D eigenvalue weighted by atomic mass is 32.2. The summed E-state index contributed by atoms with van der Waals surface area (Å²) in [6.45, 7) is 0.659. The molecule has 0 aliphatic carbocycles. The molecule has 1 aromatic carbocycles. The smallest absolute Gasteiger partial charge is 0.410 e. The van der Waals surface area contributed by atoms with Crippen LogP contribution >= 0.6 is 11.8 Å². The predicted molar refractivity (Wildman–Crippen MR) is 86.1 cm³/mol. The number of amides is 1. The minimum Gasteiger partial charge on any atom is -0.481 e. The van der Waals surface area contributed by atoms with Crippen molar-refractivity contribution in [1.29, 1.82) is 0 Å². The van der Waals surface area contributed by atoms with Crippen molar-refractivity contribution in [3.63, 3.8) is 0 Å². The van der Waals surface area contributed by atoms with Gasteiger partial charge in [0, 0.05) is 12.3 Å². The van der Waals surface area contributed by atoms with Crippen LogP contribution < -0.4 is 0 Å². The van der Waals surface area contributed by atoms with Gasteiger partial charge in [0.1, 0.15) is 12.6 Å². The number of nitrogens with zero attached hydrogens (tertiary/aromatic N) is 1. The Hall–Kier alpha value is -2.02. The standard InChI is InChI=1S/C16H19NO5S/c18-14(19)8-10-23-15(20)13-7-4-9-17(13)16(21)22-11-12-5-2-1-3-6-12/h1-3,5-6,13H,4,7-11H2,(H,18,19)/t13-/m0/s1. The van der Waals surface area contributed by atoms with Crippen molar-refractivity contribution >= 4 is 28.9 Å². The van der Waals surface area contributed by atoms with E-state index in [9.17, 15) is 14.4 Å². The molecule has 1 aromatic rings. The number of ether oxygens (including phenoxy) is 1. The lowest BCUT2D eigenvalue weighted by atomic mass is 10.2. The number of thioether (sulfide) groups is 1. The van der Waals surface area contributed by atoms with E-state index < -0.39 is 18.1 Å². The minimum absolute atomic E-state index is 0.0679. The minimum atomic E-state index is -0.934. The molecule has 0 spiro atoms. The van der Waals surface area contributed by atoms with Crippen molar-refractivity contribution in [2.45, 2.75) is 31.9 Å². The average Bonchev–Trinajstić information content (AvgIpc) is 3.03. The molecule has 6 nitrogen and oxygen atoms in total. The second kappa shape index (κ2) is 8.57. The van der Waals surface area contributed by atoms with E-state index in [1.165, 1.54) is 4.90 Å². The van der Waals surface area contributed by atoms with E-state index in [2.05, 4.69) is 0 Å². The summed E-state index contributed by atoms with van der Waals surface area (Å²) in [5.74, 6) is -0.715. The number of carbonyl (C=O) groups is 3. The zero-order valence-corrected chi connectivity index (χ0v) is 13.5. The van der Waals surface area contributed by atoms with E-state index in [-0.39, 0.29) is 23.9 Å². The fourth-order valence-electron chi connectivity index (χ4n) is 2.37. The normalized spacial score (nSPS) is 17.0. The van der Waals surface area contributed by atoms with Crippen molar-refractivity contribution < 1.29 is 24.2 Å². The van der Waals surface area contributed by atoms with Gasteiger partial charge >= 0.3 is 12.1 Å². The summed E-state index contributed by atoms with van der Waals surface area (Å²) in [5.41, 5.74) is 0.888. The third-order valence-corrected chi connectivity index (χ3v) is 4.49. The van der Waals surface area contributed by atoms with Gasteiger partial charge in [-0.2, -0.15) is 0 Å². The second-order valence-electron chi connectivity index (χ2n) is 5.20. The van der Waals surface area contributed by atoms with Gasteiger partial charge < -0.3 is 9.84 Å². The van der Waals surface area contributed by atoms with Crippen LogP contribution in [-0.2, 0) is 20.9 Å². The van der Waals surface area contributed by atoms with E-state index >= 15 is 0 Å². The van der Waals surface area contributed by atoms with Crippen molar-refractivity contribution in [1.82, 2.24) is 4.90 Å². The Balaban J connectivity index is 1.83. The Labute approximate surface area is 138 Å². The first-order valence-corrected chi connectivity index (χ1v) is 8.42. The SMILES string of the molecule is O=C(O)CCSC(=O)[C@@H]1CCCN1C(=O)OCc1ccccc1. The summed E-state index contributed by atoms with van der Waals surface area (Å²) in [4.78, 5) is 36.2. The third kappa shape index (κ3) is 5.28. The molecule has 7 heteroatoms. The molecule has 1 N–H and O–H groups in total. The average molecular weight is 337 g/mol. The Kier molecular flexibility index (Phi) is 6.46. The highest BCUT2D eigenvalue weighted by Gasteiger charge is 2.35. The maximum atomic E-state index is 12.2. The van der Waals surface area contributed by atoms with Gasteiger partial charge in [0.15, 0.2) is 0 Å². The van der Waals surface area contributed by atoms with Crippen LogP contribution in [-0.4, -0.2) is 45.5 Å². The Morgan fingerprint density at radius 2 is 2.00 bits per heavy atom. The zero-order chi connectivity index (χ0) is 16.7. The van der Waals surface area contributed by atoms with E-state index in [0.717, 1.165) is 23.7 Å². The molecule has 1 fully saturated rings. The first-order valence-electron chi connectivity index (χ1n) is 7.43. The molecule has 1 aliphatic rings. The molecule has 1 atom stereocenters. The van der Waals surface area contributed by atoms with Crippen LogP contribution in [0.4, 0.5) is 4.79 Å². The van der Waals surface area contributed by atoms with E-state index in [4.69, 9.17) is 9.84 Å². The number of hydrogen-bond acceptors (Lipinski definition) is 5. The van der Waals surface area contributed by atoms with Crippen molar-refractivity contribution in [3.8, 4) is 0 Å². The number of aliphatic carboxylic acids is 1. The predicted octanol–water partition coefficient (Wildman–Crippen LogP) is 2.52. The summed E-state index contributed by atoms with van der Waals surface area (Å²) in [6.07, 6.45) is 0.778. The molecule has 1 heterocycles. The molecule has 2 rings (SSSR count). The van der Waals surface area contributed by atoms with Gasteiger partial charge in [-0.1, -0.05) is 42.1 Å². The van der Waals surface area contributed by atoms with Crippen LogP contribution in [0.5, 0.6) is 0 Å². The van der Waals surface area contributed by atoms with Crippen LogP contribution in [0, 0.1) is 0 Å². The molecular formula is C16H19NO5S. The van der Waals surface area contributed by atoms with Crippen LogP contribution in [0.2, 0.25) is 0 Å². The van der Waals surface area contributed by atoms with Crippen LogP contribution in [0.15, 0.2) is 30.3 Å². The Morgan fingerprint density at radius 1 is 1.26 bits per heavy atom. The first-order chi connectivity index (χ1) is 11.1. The number of carboxylic acids is 1. The molecule has 0 unspecified atom stereocenters. The van der Waals surface area contributed by atoms with Gasteiger partial charge in [0.05, 0.1) is 6.42 Å². The molecular weight excluding hydrogens is 318 g/mol. The van der Waals surface area contributed by atoms with Gasteiger partial charge in [-0.05, 0) is 18.4 Å². The number of carboxylic acid groups (broad SMARTS) is 1. The Bertz CT molecular complexity index is 563. The summed E-state index contributed by atoms with van der Waals surface area (Å²) in [6, 6.07) is 8.82. The molecule has 23 heavy (non-hydrogen) atoms. The second-order valence-corrected chi connectivity index (χ2v) is 6.30. The van der Waals surface area contributed by atoms with Gasteiger partial charge in [-0.25, -0.2) is 4.79 Å². The first kappa shape index (κ1) is 17.3. The van der Waals surface area contributed by atoms with Crippen molar-refractivity contribution in [2.24, 2.45) is 0 Å². The summed E-state index contributed by atoms with van der Waals surface area (Å²) in [5, 5.41) is 8.43. The quantitative estimate of drug-likeness (QED) is 0.859.